The van der Waals surface area contributed by atoms with Gasteiger partial charge in [-0.05, 0) is 0 Å². The number of hydrogen-bond acceptors (Lipinski definition) is 0. The summed E-state index contributed by atoms with van der Waals surface area (Å²) in [5, 5.41) is 0. The van der Waals surface area contributed by atoms with Crippen LogP contribution in [0.3, 0.4) is 0 Å². The van der Waals surface area contributed by atoms with Crippen LogP contribution in [0.4, 0.5) is 0 Å². The van der Waals surface area contributed by atoms with Crippen LogP contribution in [0.15, 0.2) is 0 Å². The summed E-state index contributed by atoms with van der Waals surface area (Å²) < 4.78 is 0. The van der Waals surface area contributed by atoms with Gasteiger partial charge in [0, 0.05) is 0 Å². The molecule has 38 valence electrons. The van der Waals surface area contributed by atoms with Crippen LogP contribution in [0, 0.1) is 5.92 Å². The van der Waals surface area contributed by atoms with Crippen molar-refractivity contribution >= 4 is 23.1 Å². The molecule has 0 saturated heterocycles. The molecular formula is C5H9BrMg. The Morgan fingerprint density at radius 2 is 1.57 bits per heavy atom. The van der Waals surface area contributed by atoms with Gasteiger partial charge in [-0.25, -0.2) is 0 Å². The van der Waals surface area contributed by atoms with Gasteiger partial charge in [-0.15, -0.1) is 6.42 Å². The minimum absolute atomic E-state index is 0. The number of halogens is 1. The zero-order chi connectivity index (χ0) is 3.70. The first-order chi connectivity index (χ1) is 2.39. The molecule has 0 radical (unpaired) electrons. The molecule has 0 aromatic rings. The Balaban J connectivity index is 0. The van der Waals surface area contributed by atoms with Gasteiger partial charge in [0.1, 0.15) is 0 Å². The molecule has 0 aromatic heterocycles. The Labute approximate surface area is 72.0 Å². The fourth-order valence-electron chi connectivity index (χ4n) is 0.530. The van der Waals surface area contributed by atoms with Crippen molar-refractivity contribution in [1.29, 1.82) is 0 Å². The van der Waals surface area contributed by atoms with E-state index in [9.17, 15) is 0 Å². The molecule has 1 aliphatic rings. The van der Waals surface area contributed by atoms with E-state index in [-0.39, 0.29) is 40.0 Å². The Morgan fingerprint density at radius 1 is 1.29 bits per heavy atom. The third kappa shape index (κ3) is 3.80. The average molecular weight is 173 g/mol. The van der Waals surface area contributed by atoms with Gasteiger partial charge in [-0.1, -0.05) is 0 Å². The predicted octanol–water partition coefficient (Wildman–Crippen LogP) is -1.61. The fourth-order valence-corrected chi connectivity index (χ4v) is 0.530. The fraction of sp³-hybridized carbons (Fsp3) is 0.800. The molecule has 0 spiro atoms. The van der Waals surface area contributed by atoms with Crippen LogP contribution < -0.4 is 17.0 Å². The summed E-state index contributed by atoms with van der Waals surface area (Å²) in [6.45, 7) is 2.23. The van der Waals surface area contributed by atoms with Crippen LogP contribution >= 0.6 is 0 Å². The van der Waals surface area contributed by atoms with Gasteiger partial charge in [-0.2, -0.15) is 19.8 Å². The monoisotopic (exact) mass is 172 g/mol. The van der Waals surface area contributed by atoms with Crippen molar-refractivity contribution in [2.24, 2.45) is 0 Å². The normalized spacial score (nSPS) is 18.4. The van der Waals surface area contributed by atoms with Crippen molar-refractivity contribution < 1.29 is 17.0 Å². The molecule has 0 aliphatic heterocycles. The van der Waals surface area contributed by atoms with Crippen molar-refractivity contribution in [1.82, 2.24) is 0 Å². The Bertz CT molecular complexity index is 35.1. The second-order valence-electron chi connectivity index (χ2n) is 1.81. The van der Waals surface area contributed by atoms with Crippen molar-refractivity contribution in [3.63, 3.8) is 0 Å². The van der Waals surface area contributed by atoms with Crippen molar-refractivity contribution in [3.8, 4) is 0 Å². The molecule has 1 aliphatic carbocycles. The molecule has 0 atom stereocenters. The third-order valence-corrected chi connectivity index (χ3v) is 1.21. The van der Waals surface area contributed by atoms with E-state index in [1.54, 1.807) is 5.92 Å². The third-order valence-electron chi connectivity index (χ3n) is 1.21. The zero-order valence-corrected chi connectivity index (χ0v) is 7.71. The minimum Gasteiger partial charge on any atom is -1.00 e. The molecule has 0 unspecified atom stereocenters. The van der Waals surface area contributed by atoms with E-state index in [0.717, 1.165) is 0 Å². The van der Waals surface area contributed by atoms with Crippen molar-refractivity contribution in [3.05, 3.63) is 5.92 Å². The first kappa shape index (κ1) is 11.1. The molecule has 1 saturated carbocycles. The second kappa shape index (κ2) is 5.38. The molecule has 0 aromatic carbocycles. The predicted molar refractivity (Wildman–Crippen MR) is 28.5 cm³/mol. The van der Waals surface area contributed by atoms with Crippen LogP contribution in [0.25, 0.3) is 0 Å². The molecule has 7 heavy (non-hydrogen) atoms. The van der Waals surface area contributed by atoms with Gasteiger partial charge in [-0.3, -0.25) is 0 Å². The Kier molecular flexibility index (Phi) is 8.54. The zero-order valence-electron chi connectivity index (χ0n) is 4.71. The summed E-state index contributed by atoms with van der Waals surface area (Å²) in [6.07, 6.45) is 4.26. The molecule has 1 fully saturated rings. The van der Waals surface area contributed by atoms with E-state index < -0.39 is 0 Å². The summed E-state index contributed by atoms with van der Waals surface area (Å²) in [5.41, 5.74) is 0. The SMILES string of the molecule is C[C-]1CCC1.[Br-].[Mg+2]. The van der Waals surface area contributed by atoms with Gasteiger partial charge in [0.15, 0.2) is 0 Å². The maximum atomic E-state index is 2.23. The molecular weight excluding hydrogens is 164 g/mol. The second-order valence-corrected chi connectivity index (χ2v) is 1.81. The summed E-state index contributed by atoms with van der Waals surface area (Å²) in [5.74, 6) is 1.69. The Hall–Kier alpha value is 1.25. The van der Waals surface area contributed by atoms with Crippen LogP contribution in [0.1, 0.15) is 26.2 Å². The first-order valence-corrected chi connectivity index (χ1v) is 2.21. The Morgan fingerprint density at radius 3 is 1.57 bits per heavy atom. The average Bonchev–Trinajstić information content (AvgIpc) is 1.30. The number of rotatable bonds is 0. The summed E-state index contributed by atoms with van der Waals surface area (Å²) in [6, 6.07) is 0. The minimum atomic E-state index is 0. The van der Waals surface area contributed by atoms with E-state index in [2.05, 4.69) is 6.92 Å². The first-order valence-electron chi connectivity index (χ1n) is 2.21. The van der Waals surface area contributed by atoms with Crippen molar-refractivity contribution in [2.75, 3.05) is 0 Å². The van der Waals surface area contributed by atoms with Gasteiger partial charge in [0.25, 0.3) is 0 Å². The van der Waals surface area contributed by atoms with Crippen LogP contribution in [-0.2, 0) is 0 Å². The van der Waals surface area contributed by atoms with E-state index in [4.69, 9.17) is 0 Å². The molecule has 0 nitrogen and oxygen atoms in total. The van der Waals surface area contributed by atoms with E-state index in [0.29, 0.717) is 0 Å². The molecule has 0 bridgehead atoms. The summed E-state index contributed by atoms with van der Waals surface area (Å²) in [7, 11) is 0. The van der Waals surface area contributed by atoms with Gasteiger partial charge in [0.2, 0.25) is 0 Å². The smallest absolute Gasteiger partial charge is 1.00 e. The molecule has 0 heterocycles. The maximum absolute atomic E-state index is 2.23. The molecule has 0 N–H and O–H groups in total. The van der Waals surface area contributed by atoms with Gasteiger partial charge < -0.3 is 22.9 Å². The van der Waals surface area contributed by atoms with E-state index in [1.807, 2.05) is 0 Å². The van der Waals surface area contributed by atoms with Crippen LogP contribution in [-0.4, -0.2) is 23.1 Å². The summed E-state index contributed by atoms with van der Waals surface area (Å²) >= 11 is 0. The van der Waals surface area contributed by atoms with Gasteiger partial charge in [0.05, 0.1) is 0 Å². The van der Waals surface area contributed by atoms with E-state index >= 15 is 0 Å². The molecule has 1 rings (SSSR count). The van der Waals surface area contributed by atoms with Gasteiger partial charge >= 0.3 is 23.1 Å². The largest absolute Gasteiger partial charge is 2.00 e. The van der Waals surface area contributed by atoms with Crippen molar-refractivity contribution in [2.45, 2.75) is 26.2 Å². The molecule has 0 amide bonds. The quantitative estimate of drug-likeness (QED) is 0.305. The summed E-state index contributed by atoms with van der Waals surface area (Å²) in [4.78, 5) is 0. The van der Waals surface area contributed by atoms with E-state index in [1.165, 1.54) is 19.3 Å². The maximum Gasteiger partial charge on any atom is 2.00 e. The molecule has 2 heteroatoms. The van der Waals surface area contributed by atoms with Crippen LogP contribution in [0.2, 0.25) is 0 Å². The standard InChI is InChI=1S/C5H9.BrH.Mg/c1-5-3-2-4-5;;/h2-4H2,1H3;1H;/q-1;;+2/p-1. The number of hydrogen-bond donors (Lipinski definition) is 0. The topological polar surface area (TPSA) is 0 Å². The van der Waals surface area contributed by atoms with Crippen LogP contribution in [0.5, 0.6) is 0 Å².